The van der Waals surface area contributed by atoms with Gasteiger partial charge in [0.25, 0.3) is 5.91 Å². The summed E-state index contributed by atoms with van der Waals surface area (Å²) < 4.78 is 83.3. The maximum absolute atomic E-state index is 13.0. The Kier molecular flexibility index (Phi) is 6.11. The third-order valence-corrected chi connectivity index (χ3v) is 4.41. The highest BCUT2D eigenvalue weighted by Crippen LogP contribution is 2.36. The van der Waals surface area contributed by atoms with Crippen LogP contribution < -0.4 is 10.1 Å². The van der Waals surface area contributed by atoms with Gasteiger partial charge in [-0.05, 0) is 55.0 Å². The van der Waals surface area contributed by atoms with Crippen LogP contribution in [0.25, 0.3) is 11.3 Å². The number of hydrogen-bond donors (Lipinski definition) is 1. The van der Waals surface area contributed by atoms with Gasteiger partial charge in [-0.1, -0.05) is 0 Å². The molecule has 0 aliphatic carbocycles. The molecule has 0 radical (unpaired) electrons. The number of ether oxygens (including phenoxy) is 1. The zero-order chi connectivity index (χ0) is 23.7. The molecule has 0 aliphatic heterocycles. The van der Waals surface area contributed by atoms with Crippen LogP contribution in [0, 0.1) is 6.92 Å². The molecule has 3 rings (SSSR count). The molecule has 0 fully saturated rings. The van der Waals surface area contributed by atoms with Crippen molar-refractivity contribution in [2.75, 3.05) is 12.4 Å². The van der Waals surface area contributed by atoms with Crippen LogP contribution in [0.2, 0.25) is 0 Å². The van der Waals surface area contributed by atoms with Gasteiger partial charge in [-0.25, -0.2) is 9.97 Å². The Morgan fingerprint density at radius 3 is 2.00 bits per heavy atom. The molecule has 168 valence electrons. The monoisotopic (exact) mass is 455 g/mol. The van der Waals surface area contributed by atoms with E-state index in [0.29, 0.717) is 34.7 Å². The van der Waals surface area contributed by atoms with E-state index in [-0.39, 0.29) is 12.0 Å². The first-order valence-electron chi connectivity index (χ1n) is 8.97. The van der Waals surface area contributed by atoms with Crippen molar-refractivity contribution in [3.8, 4) is 17.0 Å². The van der Waals surface area contributed by atoms with Crippen LogP contribution in [-0.4, -0.2) is 23.0 Å². The summed E-state index contributed by atoms with van der Waals surface area (Å²) in [5, 5.41) is 2.15. The predicted molar refractivity (Wildman–Crippen MR) is 103 cm³/mol. The average molecular weight is 455 g/mol. The topological polar surface area (TPSA) is 64.1 Å². The molecule has 0 atom stereocenters. The largest absolute Gasteiger partial charge is 0.497 e. The van der Waals surface area contributed by atoms with Crippen molar-refractivity contribution in [2.24, 2.45) is 0 Å². The van der Waals surface area contributed by atoms with Gasteiger partial charge >= 0.3 is 12.4 Å². The molecule has 0 aliphatic rings. The third-order valence-electron chi connectivity index (χ3n) is 4.41. The lowest BCUT2D eigenvalue weighted by Gasteiger charge is -2.14. The van der Waals surface area contributed by atoms with Crippen LogP contribution in [0.4, 0.5) is 32.3 Å². The zero-order valence-corrected chi connectivity index (χ0v) is 16.6. The highest BCUT2D eigenvalue weighted by atomic mass is 19.4. The number of carbonyl (C=O) groups excluding carboxylic acids is 1. The Balaban J connectivity index is 1.95. The first-order chi connectivity index (χ1) is 14.9. The fraction of sp³-hybridized carbons (Fsp3) is 0.190. The molecule has 1 aromatic heterocycles. The number of hydrogen-bond acceptors (Lipinski definition) is 4. The second kappa shape index (κ2) is 8.48. The van der Waals surface area contributed by atoms with Gasteiger partial charge < -0.3 is 4.74 Å². The summed E-state index contributed by atoms with van der Waals surface area (Å²) in [5.74, 6) is -0.900. The fourth-order valence-corrected chi connectivity index (χ4v) is 2.80. The van der Waals surface area contributed by atoms with Crippen LogP contribution in [0.3, 0.4) is 0 Å². The number of benzene rings is 2. The Labute approximate surface area is 178 Å². The normalized spacial score (nSPS) is 11.9. The van der Waals surface area contributed by atoms with Crippen molar-refractivity contribution < 1.29 is 35.9 Å². The highest BCUT2D eigenvalue weighted by molar-refractivity contribution is 6.03. The van der Waals surface area contributed by atoms with E-state index in [1.54, 1.807) is 31.2 Å². The van der Waals surface area contributed by atoms with Crippen molar-refractivity contribution >= 4 is 11.9 Å². The number of aryl methyl sites for hydroxylation is 1. The molecule has 1 amide bonds. The number of anilines is 1. The number of amides is 1. The number of carbonyl (C=O) groups is 1. The van der Waals surface area contributed by atoms with Gasteiger partial charge in [-0.2, -0.15) is 26.3 Å². The zero-order valence-electron chi connectivity index (χ0n) is 16.6. The fourth-order valence-electron chi connectivity index (χ4n) is 2.80. The standard InChI is InChI=1S/C21H15F6N3O2/c1-11-10-28-19(29-17(11)12-3-5-16(32-2)6-4-12)30-18(31)13-7-14(20(22,23)24)9-15(8-13)21(25,26)27/h3-10H,1-2H3,(H,28,29,30,31). The maximum atomic E-state index is 13.0. The molecule has 0 bridgehead atoms. The van der Waals surface area contributed by atoms with Crippen molar-refractivity contribution in [1.29, 1.82) is 0 Å². The molecule has 32 heavy (non-hydrogen) atoms. The summed E-state index contributed by atoms with van der Waals surface area (Å²) in [6, 6.07) is 7.37. The van der Waals surface area contributed by atoms with Gasteiger partial charge in [0.1, 0.15) is 5.75 Å². The SMILES string of the molecule is COc1ccc(-c2nc(NC(=O)c3cc(C(F)(F)F)cc(C(F)(F)F)c3)ncc2C)cc1. The summed E-state index contributed by atoms with van der Waals surface area (Å²) in [5.41, 5.74) is -2.34. The molecule has 1 N–H and O–H groups in total. The minimum absolute atomic E-state index is 0.0546. The van der Waals surface area contributed by atoms with E-state index in [0.717, 1.165) is 0 Å². The molecular formula is C21H15F6N3O2. The van der Waals surface area contributed by atoms with E-state index >= 15 is 0 Å². The van der Waals surface area contributed by atoms with Crippen LogP contribution in [0.15, 0.2) is 48.7 Å². The van der Waals surface area contributed by atoms with Crippen LogP contribution in [0.1, 0.15) is 27.0 Å². The second-order valence-corrected chi connectivity index (χ2v) is 6.70. The molecule has 0 saturated carbocycles. The second-order valence-electron chi connectivity index (χ2n) is 6.70. The van der Waals surface area contributed by atoms with Gasteiger partial charge in [0, 0.05) is 17.3 Å². The van der Waals surface area contributed by atoms with E-state index < -0.39 is 35.0 Å². The van der Waals surface area contributed by atoms with Gasteiger partial charge in [0.05, 0.1) is 23.9 Å². The number of aromatic nitrogens is 2. The Bertz CT molecular complexity index is 1110. The molecule has 0 spiro atoms. The van der Waals surface area contributed by atoms with Gasteiger partial charge in [-0.15, -0.1) is 0 Å². The van der Waals surface area contributed by atoms with Crippen molar-refractivity contribution in [2.45, 2.75) is 19.3 Å². The quantitative estimate of drug-likeness (QED) is 0.509. The van der Waals surface area contributed by atoms with E-state index in [9.17, 15) is 31.1 Å². The smallest absolute Gasteiger partial charge is 0.416 e. The molecule has 11 heteroatoms. The minimum atomic E-state index is -5.07. The molecule has 2 aromatic carbocycles. The Hall–Kier alpha value is -3.63. The first kappa shape index (κ1) is 23.0. The lowest BCUT2D eigenvalue weighted by atomic mass is 10.0. The number of halogens is 6. The van der Waals surface area contributed by atoms with Crippen LogP contribution in [-0.2, 0) is 12.4 Å². The van der Waals surface area contributed by atoms with Crippen LogP contribution in [0.5, 0.6) is 5.75 Å². The summed E-state index contributed by atoms with van der Waals surface area (Å²) in [6.07, 6.45) is -8.77. The maximum Gasteiger partial charge on any atom is 0.416 e. The molecular weight excluding hydrogens is 440 g/mol. The first-order valence-corrected chi connectivity index (χ1v) is 8.97. The number of methoxy groups -OCH3 is 1. The Morgan fingerprint density at radius 2 is 1.50 bits per heavy atom. The highest BCUT2D eigenvalue weighted by Gasteiger charge is 2.37. The third kappa shape index (κ3) is 5.16. The van der Waals surface area contributed by atoms with Gasteiger partial charge in [0.2, 0.25) is 5.95 Å². The van der Waals surface area contributed by atoms with E-state index in [1.807, 2.05) is 0 Å². The summed E-state index contributed by atoms with van der Waals surface area (Å²) in [7, 11) is 1.50. The van der Waals surface area contributed by atoms with Crippen LogP contribution >= 0.6 is 0 Å². The van der Waals surface area contributed by atoms with Crippen molar-refractivity contribution in [1.82, 2.24) is 9.97 Å². The van der Waals surface area contributed by atoms with E-state index in [1.165, 1.54) is 13.3 Å². The minimum Gasteiger partial charge on any atom is -0.497 e. The van der Waals surface area contributed by atoms with Gasteiger partial charge in [0.15, 0.2) is 0 Å². The van der Waals surface area contributed by atoms with Crippen molar-refractivity contribution in [3.05, 3.63) is 70.9 Å². The number of alkyl halides is 6. The van der Waals surface area contributed by atoms with E-state index in [4.69, 9.17) is 4.74 Å². The van der Waals surface area contributed by atoms with Gasteiger partial charge in [-0.3, -0.25) is 10.1 Å². The molecule has 5 nitrogen and oxygen atoms in total. The lowest BCUT2D eigenvalue weighted by Crippen LogP contribution is -2.18. The molecule has 1 heterocycles. The summed E-state index contributed by atoms with van der Waals surface area (Å²) in [4.78, 5) is 20.5. The molecule has 0 unspecified atom stereocenters. The summed E-state index contributed by atoms with van der Waals surface area (Å²) in [6.45, 7) is 1.70. The predicted octanol–water partition coefficient (Wildman–Crippen LogP) is 5.75. The molecule has 3 aromatic rings. The average Bonchev–Trinajstić information content (AvgIpc) is 2.73. The van der Waals surface area contributed by atoms with E-state index in [2.05, 4.69) is 15.3 Å². The number of nitrogens with zero attached hydrogens (tertiary/aromatic N) is 2. The molecule has 0 saturated heterocycles. The Morgan fingerprint density at radius 1 is 0.938 bits per heavy atom. The number of rotatable bonds is 4. The van der Waals surface area contributed by atoms with Crippen molar-refractivity contribution in [3.63, 3.8) is 0 Å². The summed E-state index contributed by atoms with van der Waals surface area (Å²) >= 11 is 0. The lowest BCUT2D eigenvalue weighted by molar-refractivity contribution is -0.143. The number of nitrogens with one attached hydrogen (secondary N) is 1.